The molecule has 1 saturated carbocycles. The molecule has 0 bridgehead atoms. The fourth-order valence-corrected chi connectivity index (χ4v) is 4.20. The van der Waals surface area contributed by atoms with Gasteiger partial charge in [-0.1, -0.05) is 31.0 Å². The maximum Gasteiger partial charge on any atom is 0.315 e. The van der Waals surface area contributed by atoms with E-state index in [0.29, 0.717) is 17.6 Å². The first-order valence-electron chi connectivity index (χ1n) is 8.92. The number of hydrogen-bond donors (Lipinski definition) is 1. The Labute approximate surface area is 159 Å². The van der Waals surface area contributed by atoms with Crippen LogP contribution in [0.2, 0.25) is 0 Å². The lowest BCUT2D eigenvalue weighted by atomic mass is 10.2. The molecule has 27 heavy (non-hydrogen) atoms. The molecule has 7 nitrogen and oxygen atoms in total. The van der Waals surface area contributed by atoms with Gasteiger partial charge in [-0.3, -0.25) is 0 Å². The Kier molecular flexibility index (Phi) is 3.97. The lowest BCUT2D eigenvalue weighted by Crippen LogP contribution is -2.07. The van der Waals surface area contributed by atoms with Crippen molar-refractivity contribution in [2.24, 2.45) is 0 Å². The third-order valence-electron chi connectivity index (χ3n) is 4.79. The van der Waals surface area contributed by atoms with Crippen LogP contribution < -0.4 is 4.74 Å². The van der Waals surface area contributed by atoms with Gasteiger partial charge in [-0.25, -0.2) is 9.67 Å². The molecule has 0 spiro atoms. The Morgan fingerprint density at radius 2 is 1.96 bits per heavy atom. The fraction of sp³-hybridized carbons (Fsp3) is 0.263. The summed E-state index contributed by atoms with van der Waals surface area (Å²) in [5.74, 6) is 1.27. The smallest absolute Gasteiger partial charge is 0.315 e. The average molecular weight is 379 g/mol. The molecule has 0 aliphatic heterocycles. The molecule has 1 aliphatic rings. The van der Waals surface area contributed by atoms with Crippen LogP contribution in [0.5, 0.6) is 17.6 Å². The molecule has 5 rings (SSSR count). The zero-order chi connectivity index (χ0) is 18.2. The van der Waals surface area contributed by atoms with Crippen LogP contribution in [0.15, 0.2) is 42.6 Å². The minimum absolute atomic E-state index is 0.231. The van der Waals surface area contributed by atoms with E-state index in [0.717, 1.165) is 34.5 Å². The van der Waals surface area contributed by atoms with E-state index in [2.05, 4.69) is 14.3 Å². The van der Waals surface area contributed by atoms with Crippen molar-refractivity contribution in [2.75, 3.05) is 0 Å². The summed E-state index contributed by atoms with van der Waals surface area (Å²) < 4.78 is 12.2. The number of ether oxygens (including phenoxy) is 1. The highest BCUT2D eigenvalue weighted by molar-refractivity contribution is 7.09. The van der Waals surface area contributed by atoms with Crippen molar-refractivity contribution in [1.82, 2.24) is 24.1 Å². The summed E-state index contributed by atoms with van der Waals surface area (Å²) in [7, 11) is 0. The van der Waals surface area contributed by atoms with Gasteiger partial charge in [0.25, 0.3) is 0 Å². The highest BCUT2D eigenvalue weighted by Crippen LogP contribution is 2.37. The lowest BCUT2D eigenvalue weighted by Gasteiger charge is -2.09. The van der Waals surface area contributed by atoms with Crippen LogP contribution in [0.25, 0.3) is 21.6 Å². The van der Waals surface area contributed by atoms with E-state index < -0.39 is 0 Å². The van der Waals surface area contributed by atoms with E-state index >= 15 is 0 Å². The third-order valence-corrected chi connectivity index (χ3v) is 5.57. The first-order chi connectivity index (χ1) is 13.3. The summed E-state index contributed by atoms with van der Waals surface area (Å²) >= 11 is 1.33. The van der Waals surface area contributed by atoms with Crippen molar-refractivity contribution in [1.29, 1.82) is 0 Å². The first kappa shape index (κ1) is 16.2. The second-order valence-corrected chi connectivity index (χ2v) is 7.39. The van der Waals surface area contributed by atoms with E-state index in [-0.39, 0.29) is 6.01 Å². The number of aromatic nitrogens is 5. The molecular formula is C19H17N5O2S. The SMILES string of the molecule is Oc1ncc2c(-c3cc(Oc4ccccc4)ns3)nn(C3CCCC3)c2n1. The van der Waals surface area contributed by atoms with E-state index in [1.807, 2.05) is 41.1 Å². The van der Waals surface area contributed by atoms with Crippen molar-refractivity contribution in [3.05, 3.63) is 42.6 Å². The van der Waals surface area contributed by atoms with Crippen LogP contribution in [-0.4, -0.2) is 29.2 Å². The van der Waals surface area contributed by atoms with Gasteiger partial charge in [0.05, 0.1) is 16.3 Å². The zero-order valence-corrected chi connectivity index (χ0v) is 15.3. The van der Waals surface area contributed by atoms with Crippen LogP contribution in [0.4, 0.5) is 0 Å². The first-order valence-corrected chi connectivity index (χ1v) is 9.69. The monoisotopic (exact) mass is 379 g/mol. The molecule has 0 amide bonds. The van der Waals surface area contributed by atoms with Crippen molar-refractivity contribution >= 4 is 22.6 Å². The summed E-state index contributed by atoms with van der Waals surface area (Å²) in [5, 5.41) is 15.4. The maximum absolute atomic E-state index is 9.75. The minimum Gasteiger partial charge on any atom is -0.479 e. The maximum atomic E-state index is 9.75. The largest absolute Gasteiger partial charge is 0.479 e. The van der Waals surface area contributed by atoms with Crippen LogP contribution in [0, 0.1) is 0 Å². The molecule has 3 heterocycles. The molecule has 0 saturated heterocycles. The standard InChI is InChI=1S/C19H17N5O2S/c25-19-20-11-14-17(22-24(18(14)21-19)12-6-4-5-7-12)15-10-16(23-27-15)26-13-8-2-1-3-9-13/h1-3,8-12H,4-7H2,(H,20,21,25). The molecule has 1 aromatic carbocycles. The van der Waals surface area contributed by atoms with Crippen molar-refractivity contribution in [2.45, 2.75) is 31.7 Å². The predicted octanol–water partition coefficient (Wildman–Crippen LogP) is 4.56. The van der Waals surface area contributed by atoms with E-state index in [4.69, 9.17) is 9.84 Å². The molecule has 3 aromatic heterocycles. The number of benzene rings is 1. The van der Waals surface area contributed by atoms with Gasteiger partial charge in [-0.2, -0.15) is 14.5 Å². The molecule has 0 atom stereocenters. The predicted molar refractivity (Wildman–Crippen MR) is 102 cm³/mol. The molecule has 1 N–H and O–H groups in total. The Morgan fingerprint density at radius 1 is 1.15 bits per heavy atom. The van der Waals surface area contributed by atoms with E-state index in [1.54, 1.807) is 6.20 Å². The lowest BCUT2D eigenvalue weighted by molar-refractivity contribution is 0.427. The van der Waals surface area contributed by atoms with Gasteiger partial charge in [0, 0.05) is 12.3 Å². The van der Waals surface area contributed by atoms with Crippen LogP contribution in [0.3, 0.4) is 0 Å². The molecule has 4 aromatic rings. The molecule has 1 aliphatic carbocycles. The van der Waals surface area contributed by atoms with Gasteiger partial charge in [0.2, 0.25) is 5.88 Å². The summed E-state index contributed by atoms with van der Waals surface area (Å²) in [6.45, 7) is 0. The average Bonchev–Trinajstić information content (AvgIpc) is 3.41. The molecular weight excluding hydrogens is 362 g/mol. The van der Waals surface area contributed by atoms with Crippen molar-refractivity contribution in [3.63, 3.8) is 0 Å². The fourth-order valence-electron chi connectivity index (χ4n) is 3.53. The van der Waals surface area contributed by atoms with Gasteiger partial charge in [0.15, 0.2) is 5.65 Å². The number of rotatable bonds is 4. The Morgan fingerprint density at radius 3 is 2.78 bits per heavy atom. The minimum atomic E-state index is -0.231. The molecule has 8 heteroatoms. The van der Waals surface area contributed by atoms with Gasteiger partial charge < -0.3 is 9.84 Å². The molecule has 1 fully saturated rings. The Balaban J connectivity index is 1.55. The quantitative estimate of drug-likeness (QED) is 0.559. The number of para-hydroxylation sites is 1. The molecule has 136 valence electrons. The van der Waals surface area contributed by atoms with Gasteiger partial charge in [-0.05, 0) is 36.5 Å². The summed E-state index contributed by atoms with van der Waals surface area (Å²) in [6.07, 6.45) is 6.16. The van der Waals surface area contributed by atoms with E-state index in [9.17, 15) is 5.11 Å². The van der Waals surface area contributed by atoms with E-state index in [1.165, 1.54) is 24.4 Å². The highest BCUT2D eigenvalue weighted by Gasteiger charge is 2.24. The van der Waals surface area contributed by atoms with Crippen molar-refractivity contribution < 1.29 is 9.84 Å². The third kappa shape index (κ3) is 3.02. The molecule has 0 radical (unpaired) electrons. The Bertz CT molecular complexity index is 1090. The molecule has 0 unspecified atom stereocenters. The van der Waals surface area contributed by atoms with Crippen LogP contribution in [-0.2, 0) is 0 Å². The number of fused-ring (bicyclic) bond motifs is 1. The normalized spacial score (nSPS) is 14.8. The topological polar surface area (TPSA) is 86.0 Å². The van der Waals surface area contributed by atoms with Crippen LogP contribution in [0.1, 0.15) is 31.7 Å². The zero-order valence-electron chi connectivity index (χ0n) is 14.4. The van der Waals surface area contributed by atoms with Gasteiger partial charge in [0.1, 0.15) is 11.4 Å². The second-order valence-electron chi connectivity index (χ2n) is 6.58. The Hall–Kier alpha value is -3.00. The van der Waals surface area contributed by atoms with Gasteiger partial charge >= 0.3 is 6.01 Å². The number of aromatic hydroxyl groups is 1. The summed E-state index contributed by atoms with van der Waals surface area (Å²) in [5.41, 5.74) is 1.45. The summed E-state index contributed by atoms with van der Waals surface area (Å²) in [4.78, 5) is 9.08. The number of hydrogen-bond acceptors (Lipinski definition) is 7. The summed E-state index contributed by atoms with van der Waals surface area (Å²) in [6, 6.07) is 11.5. The highest BCUT2D eigenvalue weighted by atomic mass is 32.1. The van der Waals surface area contributed by atoms with Crippen molar-refractivity contribution in [3.8, 4) is 28.2 Å². The van der Waals surface area contributed by atoms with Crippen LogP contribution >= 0.6 is 11.5 Å². The number of nitrogens with zero attached hydrogens (tertiary/aromatic N) is 5. The van der Waals surface area contributed by atoms with Gasteiger partial charge in [-0.15, -0.1) is 0 Å². The second kappa shape index (κ2) is 6.62.